The van der Waals surface area contributed by atoms with Gasteiger partial charge in [0.05, 0.1) is 40.6 Å². The maximum absolute atomic E-state index is 12.0. The van der Waals surface area contributed by atoms with E-state index in [-0.39, 0.29) is 23.7 Å². The Labute approximate surface area is 176 Å². The number of carbonyl (C=O) groups is 3. The van der Waals surface area contributed by atoms with Crippen LogP contribution in [0, 0.1) is 0 Å². The van der Waals surface area contributed by atoms with Crippen molar-refractivity contribution < 1.29 is 14.4 Å². The van der Waals surface area contributed by atoms with Crippen molar-refractivity contribution in [2.75, 3.05) is 24.2 Å². The zero-order valence-corrected chi connectivity index (χ0v) is 17.2. The third kappa shape index (κ3) is 7.03. The van der Waals surface area contributed by atoms with Crippen LogP contribution in [0.4, 0.5) is 5.69 Å². The van der Waals surface area contributed by atoms with E-state index in [1.807, 2.05) is 6.92 Å². The molecule has 0 bridgehead atoms. The van der Waals surface area contributed by atoms with E-state index in [0.29, 0.717) is 10.7 Å². The van der Waals surface area contributed by atoms with Crippen LogP contribution in [-0.2, 0) is 9.59 Å². The molecule has 0 atom stereocenters. The summed E-state index contributed by atoms with van der Waals surface area (Å²) in [6, 6.07) is 7.96. The minimum absolute atomic E-state index is 0.182. The third-order valence-corrected chi connectivity index (χ3v) is 4.72. The molecule has 1 aromatic heterocycles. The number of thioether (sulfide) groups is 1. The van der Waals surface area contributed by atoms with Gasteiger partial charge >= 0.3 is 0 Å². The summed E-state index contributed by atoms with van der Waals surface area (Å²) in [7, 11) is 0. The van der Waals surface area contributed by atoms with Crippen molar-refractivity contribution in [1.29, 1.82) is 0 Å². The molecule has 0 aliphatic heterocycles. The molecular formula is C18H18Cl2N4O3S. The van der Waals surface area contributed by atoms with Crippen LogP contribution in [0.5, 0.6) is 0 Å². The molecule has 0 unspecified atom stereocenters. The fourth-order valence-corrected chi connectivity index (χ4v) is 3.15. The molecule has 2 rings (SSSR count). The Hall–Kier alpha value is -2.29. The number of rotatable bonds is 8. The lowest BCUT2D eigenvalue weighted by Crippen LogP contribution is -2.40. The molecular weight excluding hydrogens is 423 g/mol. The first-order valence-corrected chi connectivity index (χ1v) is 10.0. The zero-order chi connectivity index (χ0) is 20.5. The minimum atomic E-state index is -0.516. The van der Waals surface area contributed by atoms with Crippen LogP contribution < -0.4 is 16.0 Å². The number of aromatic nitrogens is 1. The number of amides is 3. The fraction of sp³-hybridized carbons (Fsp3) is 0.222. The van der Waals surface area contributed by atoms with Gasteiger partial charge in [-0.1, -0.05) is 30.1 Å². The molecule has 1 aromatic carbocycles. The van der Waals surface area contributed by atoms with Crippen LogP contribution in [0.1, 0.15) is 17.3 Å². The van der Waals surface area contributed by atoms with Crippen molar-refractivity contribution >= 4 is 58.4 Å². The number of hydrogen-bond donors (Lipinski definition) is 3. The number of halogens is 2. The Kier molecular flexibility index (Phi) is 8.56. The van der Waals surface area contributed by atoms with Gasteiger partial charge in [-0.25, -0.2) is 4.98 Å². The summed E-state index contributed by atoms with van der Waals surface area (Å²) in [6.07, 6.45) is 1.55. The molecule has 7 nitrogen and oxygen atoms in total. The predicted molar refractivity (Wildman–Crippen MR) is 111 cm³/mol. The highest BCUT2D eigenvalue weighted by atomic mass is 35.5. The van der Waals surface area contributed by atoms with E-state index in [2.05, 4.69) is 20.9 Å². The van der Waals surface area contributed by atoms with Gasteiger partial charge < -0.3 is 16.0 Å². The highest BCUT2D eigenvalue weighted by Crippen LogP contribution is 2.20. The molecule has 0 aliphatic rings. The highest BCUT2D eigenvalue weighted by molar-refractivity contribution is 7.99. The second kappa shape index (κ2) is 10.9. The zero-order valence-electron chi connectivity index (χ0n) is 14.9. The smallest absolute Gasteiger partial charge is 0.253 e. The first-order valence-electron chi connectivity index (χ1n) is 8.27. The molecule has 0 radical (unpaired) electrons. The van der Waals surface area contributed by atoms with Crippen molar-refractivity contribution in [3.8, 4) is 0 Å². The largest absolute Gasteiger partial charge is 0.345 e. The number of nitrogens with one attached hydrogen (secondary N) is 3. The standard InChI is InChI=1S/C18H18Cl2N4O3S/c1-2-28-17-6-4-12(8-22-17)24-16(26)10-21-15(25)9-23-18(27)13-5-3-11(19)7-14(13)20/h3-8H,2,9-10H2,1H3,(H,21,25)(H,23,27)(H,24,26). The average molecular weight is 441 g/mol. The van der Waals surface area contributed by atoms with Gasteiger partial charge in [0.25, 0.3) is 5.91 Å². The molecule has 2 aromatic rings. The van der Waals surface area contributed by atoms with Gasteiger partial charge in [0.2, 0.25) is 11.8 Å². The lowest BCUT2D eigenvalue weighted by Gasteiger charge is -2.09. The van der Waals surface area contributed by atoms with Crippen molar-refractivity contribution in [3.05, 3.63) is 52.1 Å². The molecule has 10 heteroatoms. The topological polar surface area (TPSA) is 100 Å². The summed E-state index contributed by atoms with van der Waals surface area (Å²) in [4.78, 5) is 39.9. The highest BCUT2D eigenvalue weighted by Gasteiger charge is 2.12. The number of hydrogen-bond acceptors (Lipinski definition) is 5. The number of anilines is 1. The van der Waals surface area contributed by atoms with Crippen molar-refractivity contribution in [3.63, 3.8) is 0 Å². The fourth-order valence-electron chi connectivity index (χ4n) is 2.06. The van der Waals surface area contributed by atoms with Crippen LogP contribution in [0.3, 0.4) is 0 Å². The molecule has 0 fully saturated rings. The first-order chi connectivity index (χ1) is 13.4. The van der Waals surface area contributed by atoms with Gasteiger partial charge in [0, 0.05) is 5.02 Å². The van der Waals surface area contributed by atoms with E-state index in [1.165, 1.54) is 18.2 Å². The average Bonchev–Trinajstić information content (AvgIpc) is 2.66. The molecule has 28 heavy (non-hydrogen) atoms. The Morgan fingerprint density at radius 2 is 1.79 bits per heavy atom. The molecule has 148 valence electrons. The predicted octanol–water partition coefficient (Wildman–Crippen LogP) is 2.99. The first kappa shape index (κ1) is 22.0. The number of nitrogens with zero attached hydrogens (tertiary/aromatic N) is 1. The van der Waals surface area contributed by atoms with E-state index < -0.39 is 17.7 Å². The van der Waals surface area contributed by atoms with E-state index in [9.17, 15) is 14.4 Å². The Balaban J connectivity index is 1.74. The van der Waals surface area contributed by atoms with Crippen molar-refractivity contribution in [2.24, 2.45) is 0 Å². The van der Waals surface area contributed by atoms with Crippen LogP contribution in [-0.4, -0.2) is 41.5 Å². The molecule has 3 N–H and O–H groups in total. The molecule has 0 aliphatic carbocycles. The van der Waals surface area contributed by atoms with E-state index >= 15 is 0 Å². The third-order valence-electron chi connectivity index (χ3n) is 3.34. The van der Waals surface area contributed by atoms with Gasteiger partial charge in [-0.15, -0.1) is 11.8 Å². The van der Waals surface area contributed by atoms with Crippen LogP contribution in [0.2, 0.25) is 10.0 Å². The number of carbonyl (C=O) groups excluding carboxylic acids is 3. The van der Waals surface area contributed by atoms with Crippen LogP contribution in [0.15, 0.2) is 41.6 Å². The number of pyridine rings is 1. The maximum atomic E-state index is 12.0. The normalized spacial score (nSPS) is 10.2. The molecule has 3 amide bonds. The summed E-state index contributed by atoms with van der Waals surface area (Å²) in [5, 5.41) is 8.93. The van der Waals surface area contributed by atoms with Gasteiger partial charge in [-0.2, -0.15) is 0 Å². The van der Waals surface area contributed by atoms with E-state index in [0.717, 1.165) is 10.8 Å². The second-order valence-corrected chi connectivity index (χ2v) is 7.58. The quantitative estimate of drug-likeness (QED) is 0.547. The summed E-state index contributed by atoms with van der Waals surface area (Å²) < 4.78 is 0. The van der Waals surface area contributed by atoms with Gasteiger partial charge in [0.15, 0.2) is 0 Å². The monoisotopic (exact) mass is 440 g/mol. The van der Waals surface area contributed by atoms with Gasteiger partial charge in [0.1, 0.15) is 0 Å². The number of benzene rings is 1. The van der Waals surface area contributed by atoms with E-state index in [1.54, 1.807) is 30.1 Å². The Bertz CT molecular complexity index is 862. The summed E-state index contributed by atoms with van der Waals surface area (Å²) in [5.41, 5.74) is 0.735. The minimum Gasteiger partial charge on any atom is -0.345 e. The molecule has 0 saturated heterocycles. The van der Waals surface area contributed by atoms with E-state index in [4.69, 9.17) is 23.2 Å². The summed E-state index contributed by atoms with van der Waals surface area (Å²) in [6.45, 7) is 1.49. The van der Waals surface area contributed by atoms with Crippen molar-refractivity contribution in [1.82, 2.24) is 15.6 Å². The van der Waals surface area contributed by atoms with Gasteiger partial charge in [-0.3, -0.25) is 14.4 Å². The molecule has 1 heterocycles. The Morgan fingerprint density at radius 1 is 1.04 bits per heavy atom. The Morgan fingerprint density at radius 3 is 2.43 bits per heavy atom. The van der Waals surface area contributed by atoms with Crippen LogP contribution in [0.25, 0.3) is 0 Å². The summed E-state index contributed by atoms with van der Waals surface area (Å²) in [5.74, 6) is -0.525. The van der Waals surface area contributed by atoms with Crippen LogP contribution >= 0.6 is 35.0 Å². The van der Waals surface area contributed by atoms with Gasteiger partial charge in [-0.05, 0) is 36.1 Å². The molecule has 0 saturated carbocycles. The second-order valence-electron chi connectivity index (χ2n) is 5.45. The lowest BCUT2D eigenvalue weighted by molar-refractivity contribution is -0.123. The SMILES string of the molecule is CCSc1ccc(NC(=O)CNC(=O)CNC(=O)c2ccc(Cl)cc2Cl)cn1. The van der Waals surface area contributed by atoms with Crippen molar-refractivity contribution in [2.45, 2.75) is 11.9 Å². The molecule has 0 spiro atoms. The summed E-state index contributed by atoms with van der Waals surface area (Å²) >= 11 is 13.3. The maximum Gasteiger partial charge on any atom is 0.253 e. The lowest BCUT2D eigenvalue weighted by atomic mass is 10.2.